The monoisotopic (exact) mass is 339 g/mol. The van der Waals surface area contributed by atoms with Crippen LogP contribution >= 0.6 is 0 Å². The van der Waals surface area contributed by atoms with Crippen molar-refractivity contribution in [2.75, 3.05) is 12.4 Å². The molecule has 0 unspecified atom stereocenters. The molecule has 1 heterocycles. The number of hydrogen-bond donors (Lipinski definition) is 1. The van der Waals surface area contributed by atoms with E-state index in [9.17, 15) is 4.79 Å². The van der Waals surface area contributed by atoms with E-state index < -0.39 is 0 Å². The van der Waals surface area contributed by atoms with E-state index in [1.807, 2.05) is 42.5 Å². The Morgan fingerprint density at radius 2 is 1.88 bits per heavy atom. The number of carbonyl (C=O) groups excluding carboxylic acids is 1. The van der Waals surface area contributed by atoms with Gasteiger partial charge in [-0.2, -0.15) is 4.80 Å². The van der Waals surface area contributed by atoms with Crippen molar-refractivity contribution in [2.24, 2.45) is 0 Å². The topological polar surface area (TPSA) is 91.2 Å². The molecule has 1 N–H and O–H groups in total. The van der Waals surface area contributed by atoms with Crippen molar-refractivity contribution in [3.8, 4) is 11.5 Å². The van der Waals surface area contributed by atoms with Gasteiger partial charge in [0.1, 0.15) is 18.0 Å². The first-order chi connectivity index (χ1) is 12.2. The highest BCUT2D eigenvalue weighted by atomic mass is 16.5. The van der Waals surface area contributed by atoms with Crippen molar-refractivity contribution < 1.29 is 14.3 Å². The molecular formula is C17H17N5O3. The SMILES string of the molecule is COc1ccccc1NC(=O)Cn1nnc(COc2ccccc2)n1. The largest absolute Gasteiger partial charge is 0.495 e. The molecule has 0 spiro atoms. The molecule has 8 nitrogen and oxygen atoms in total. The minimum atomic E-state index is -0.280. The van der Waals surface area contributed by atoms with E-state index in [0.717, 1.165) is 0 Å². The lowest BCUT2D eigenvalue weighted by atomic mass is 10.3. The second-order valence-corrected chi connectivity index (χ2v) is 5.09. The summed E-state index contributed by atoms with van der Waals surface area (Å²) in [7, 11) is 1.54. The van der Waals surface area contributed by atoms with Crippen LogP contribution < -0.4 is 14.8 Å². The second-order valence-electron chi connectivity index (χ2n) is 5.09. The first-order valence-corrected chi connectivity index (χ1v) is 7.62. The van der Waals surface area contributed by atoms with Gasteiger partial charge in [-0.05, 0) is 29.5 Å². The number of carbonyl (C=O) groups is 1. The molecule has 1 aromatic heterocycles. The van der Waals surface area contributed by atoms with Gasteiger partial charge in [-0.1, -0.05) is 30.3 Å². The Balaban J connectivity index is 1.55. The molecule has 0 aliphatic carbocycles. The highest BCUT2D eigenvalue weighted by Crippen LogP contribution is 2.22. The van der Waals surface area contributed by atoms with Crippen LogP contribution in [0.5, 0.6) is 11.5 Å². The van der Waals surface area contributed by atoms with Crippen LogP contribution in [-0.4, -0.2) is 33.2 Å². The van der Waals surface area contributed by atoms with Crippen molar-refractivity contribution in [1.29, 1.82) is 0 Å². The number of anilines is 1. The maximum atomic E-state index is 12.1. The number of para-hydroxylation sites is 3. The molecule has 0 fully saturated rings. The number of benzene rings is 2. The lowest BCUT2D eigenvalue weighted by molar-refractivity contribution is -0.117. The Bertz CT molecular complexity index is 835. The minimum Gasteiger partial charge on any atom is -0.495 e. The number of nitrogens with one attached hydrogen (secondary N) is 1. The zero-order valence-electron chi connectivity index (χ0n) is 13.6. The molecule has 3 rings (SSSR count). The van der Waals surface area contributed by atoms with Gasteiger partial charge < -0.3 is 14.8 Å². The molecule has 0 atom stereocenters. The molecule has 2 aromatic carbocycles. The fourth-order valence-electron chi connectivity index (χ4n) is 2.13. The van der Waals surface area contributed by atoms with E-state index in [0.29, 0.717) is 23.0 Å². The van der Waals surface area contributed by atoms with E-state index >= 15 is 0 Å². The molecule has 25 heavy (non-hydrogen) atoms. The zero-order chi connectivity index (χ0) is 17.5. The van der Waals surface area contributed by atoms with Gasteiger partial charge in [-0.3, -0.25) is 4.79 Å². The van der Waals surface area contributed by atoms with Crippen molar-refractivity contribution in [3.63, 3.8) is 0 Å². The lowest BCUT2D eigenvalue weighted by Crippen LogP contribution is -2.20. The quantitative estimate of drug-likeness (QED) is 0.707. The third-order valence-electron chi connectivity index (χ3n) is 3.27. The zero-order valence-corrected chi connectivity index (χ0v) is 13.6. The Morgan fingerprint density at radius 3 is 2.68 bits per heavy atom. The highest BCUT2D eigenvalue weighted by molar-refractivity contribution is 5.91. The Labute approximate surface area is 144 Å². The Kier molecular flexibility index (Phi) is 5.20. The van der Waals surface area contributed by atoms with E-state index in [1.54, 1.807) is 19.2 Å². The highest BCUT2D eigenvalue weighted by Gasteiger charge is 2.10. The van der Waals surface area contributed by atoms with Crippen LogP contribution in [0.1, 0.15) is 5.82 Å². The van der Waals surface area contributed by atoms with Gasteiger partial charge in [-0.25, -0.2) is 0 Å². The predicted octanol–water partition coefficient (Wildman–Crippen LogP) is 1.90. The minimum absolute atomic E-state index is 0.0591. The molecule has 128 valence electrons. The van der Waals surface area contributed by atoms with Gasteiger partial charge in [-0.15, -0.1) is 10.2 Å². The van der Waals surface area contributed by atoms with Crippen molar-refractivity contribution >= 4 is 11.6 Å². The molecule has 1 amide bonds. The standard InChI is InChI=1S/C17H17N5O3/c1-24-15-10-6-5-9-14(15)18-17(23)11-22-20-16(19-21-22)12-25-13-7-3-2-4-8-13/h2-10H,11-12H2,1H3,(H,18,23). The summed E-state index contributed by atoms with van der Waals surface area (Å²) < 4.78 is 10.7. The number of tetrazole rings is 1. The normalized spacial score (nSPS) is 10.3. The molecule has 0 saturated carbocycles. The summed E-state index contributed by atoms with van der Waals surface area (Å²) in [4.78, 5) is 13.3. The molecule has 0 aliphatic heterocycles. The summed E-state index contributed by atoms with van der Waals surface area (Å²) >= 11 is 0. The average molecular weight is 339 g/mol. The maximum Gasteiger partial charge on any atom is 0.248 e. The number of nitrogens with zero attached hydrogens (tertiary/aromatic N) is 4. The number of ether oxygens (including phenoxy) is 2. The van der Waals surface area contributed by atoms with Gasteiger partial charge in [0.05, 0.1) is 12.8 Å². The number of amides is 1. The van der Waals surface area contributed by atoms with Crippen molar-refractivity contribution in [1.82, 2.24) is 20.2 Å². The van der Waals surface area contributed by atoms with Gasteiger partial charge in [0, 0.05) is 0 Å². The van der Waals surface area contributed by atoms with Crippen LogP contribution in [0, 0.1) is 0 Å². The van der Waals surface area contributed by atoms with Gasteiger partial charge >= 0.3 is 0 Å². The number of hydrogen-bond acceptors (Lipinski definition) is 6. The van der Waals surface area contributed by atoms with Crippen LogP contribution in [0.2, 0.25) is 0 Å². The van der Waals surface area contributed by atoms with E-state index in [-0.39, 0.29) is 19.1 Å². The van der Waals surface area contributed by atoms with Crippen molar-refractivity contribution in [3.05, 3.63) is 60.4 Å². The number of aromatic nitrogens is 4. The second kappa shape index (κ2) is 7.91. The summed E-state index contributed by atoms with van der Waals surface area (Å²) in [6.07, 6.45) is 0. The smallest absolute Gasteiger partial charge is 0.248 e. The molecule has 8 heteroatoms. The summed E-state index contributed by atoms with van der Waals surface area (Å²) in [6, 6.07) is 16.5. The summed E-state index contributed by atoms with van der Waals surface area (Å²) in [5, 5.41) is 14.6. The fourth-order valence-corrected chi connectivity index (χ4v) is 2.13. The van der Waals surface area contributed by atoms with Crippen LogP contribution in [0.3, 0.4) is 0 Å². The van der Waals surface area contributed by atoms with Gasteiger partial charge in [0.2, 0.25) is 11.7 Å². The van der Waals surface area contributed by atoms with E-state index in [2.05, 4.69) is 20.7 Å². The van der Waals surface area contributed by atoms with E-state index in [4.69, 9.17) is 9.47 Å². The van der Waals surface area contributed by atoms with Gasteiger partial charge in [0.15, 0.2) is 6.61 Å². The Morgan fingerprint density at radius 1 is 1.12 bits per heavy atom. The summed E-state index contributed by atoms with van der Waals surface area (Å²) in [5.41, 5.74) is 0.586. The fraction of sp³-hybridized carbons (Fsp3) is 0.176. The van der Waals surface area contributed by atoms with Crippen LogP contribution in [0.15, 0.2) is 54.6 Å². The average Bonchev–Trinajstić information content (AvgIpc) is 3.08. The predicted molar refractivity (Wildman–Crippen MR) is 90.2 cm³/mol. The molecule has 0 bridgehead atoms. The first-order valence-electron chi connectivity index (χ1n) is 7.62. The number of rotatable bonds is 7. The maximum absolute atomic E-state index is 12.1. The molecule has 0 saturated heterocycles. The van der Waals surface area contributed by atoms with Crippen LogP contribution in [-0.2, 0) is 17.9 Å². The van der Waals surface area contributed by atoms with Gasteiger partial charge in [0.25, 0.3) is 0 Å². The van der Waals surface area contributed by atoms with E-state index in [1.165, 1.54) is 4.80 Å². The third-order valence-corrected chi connectivity index (χ3v) is 3.27. The third kappa shape index (κ3) is 4.54. The Hall–Kier alpha value is -3.42. The first kappa shape index (κ1) is 16.4. The lowest BCUT2D eigenvalue weighted by Gasteiger charge is -2.09. The molecule has 0 radical (unpaired) electrons. The summed E-state index contributed by atoms with van der Waals surface area (Å²) in [6.45, 7) is 0.120. The number of methoxy groups -OCH3 is 1. The molecule has 0 aliphatic rings. The summed E-state index contributed by atoms with van der Waals surface area (Å²) in [5.74, 6) is 1.42. The molecule has 3 aromatic rings. The van der Waals surface area contributed by atoms with Crippen molar-refractivity contribution in [2.45, 2.75) is 13.2 Å². The molecular weight excluding hydrogens is 322 g/mol. The van der Waals surface area contributed by atoms with Crippen LogP contribution in [0.25, 0.3) is 0 Å². The van der Waals surface area contributed by atoms with Crippen LogP contribution in [0.4, 0.5) is 5.69 Å².